The van der Waals surface area contributed by atoms with Crippen molar-refractivity contribution in [2.24, 2.45) is 40.4 Å². The molecule has 0 radical (unpaired) electrons. The second-order valence-electron chi connectivity index (χ2n) is 25.2. The van der Waals surface area contributed by atoms with E-state index in [-0.39, 0.29) is 87.6 Å². The Morgan fingerprint density at radius 3 is 2.26 bits per heavy atom. The predicted molar refractivity (Wildman–Crippen MR) is 268 cm³/mol. The molecule has 5 fully saturated rings. The van der Waals surface area contributed by atoms with Crippen molar-refractivity contribution in [3.05, 3.63) is 23.6 Å². The fourth-order valence-electron chi connectivity index (χ4n) is 15.2. The fourth-order valence-corrected chi connectivity index (χ4v) is 15.2. The maximum atomic E-state index is 18.1. The molecule has 7 N–H and O–H groups in total. The van der Waals surface area contributed by atoms with Crippen LogP contribution in [0.15, 0.2) is 23.6 Å². The van der Waals surface area contributed by atoms with Crippen molar-refractivity contribution < 1.29 is 77.5 Å². The summed E-state index contributed by atoms with van der Waals surface area (Å²) in [6, 6.07) is -1.13. The molecule has 7 rings (SSSR count). The van der Waals surface area contributed by atoms with E-state index in [9.17, 15) is 40.2 Å². The Hall–Kier alpha value is -2.53. The van der Waals surface area contributed by atoms with E-state index in [1.165, 1.54) is 32.9 Å². The molecule has 2 saturated carbocycles. The van der Waals surface area contributed by atoms with Gasteiger partial charge in [0.2, 0.25) is 0 Å². The number of carbonyl (C=O) groups is 3. The zero-order chi connectivity index (χ0) is 55.2. The number of nitrogens with zero attached hydrogens (tertiary/aromatic N) is 2. The van der Waals surface area contributed by atoms with Gasteiger partial charge in [-0.05, 0) is 131 Å². The first-order valence-corrected chi connectivity index (χ1v) is 27.2. The highest BCUT2D eigenvalue weighted by Crippen LogP contribution is 2.72. The number of fused-ring (bicyclic) bond motifs is 7. The zero-order valence-corrected chi connectivity index (χ0v) is 46.3. The van der Waals surface area contributed by atoms with E-state index in [0.717, 1.165) is 0 Å². The zero-order valence-electron chi connectivity index (χ0n) is 46.3. The van der Waals surface area contributed by atoms with Crippen molar-refractivity contribution >= 4 is 17.7 Å². The number of aliphatic hydroxyl groups excluding tert-OH is 4. The highest BCUT2D eigenvalue weighted by atomic mass is 19.1. The van der Waals surface area contributed by atoms with Crippen molar-refractivity contribution in [1.82, 2.24) is 15.1 Å². The van der Waals surface area contributed by atoms with E-state index in [2.05, 4.69) is 5.32 Å². The normalized spacial score (nSPS) is 49.3. The Balaban J connectivity index is 1.14. The summed E-state index contributed by atoms with van der Waals surface area (Å²) in [6.07, 6.45) is -7.48. The lowest BCUT2D eigenvalue weighted by atomic mass is 9.45. The molecule has 0 spiro atoms. The standard InChI is InChI=1S/C55H89F2N3O14/c1-15-40-53(12,69)44(65)32(6)60(27-28(2)25-52(11,68)45(30(4)42(63)31(5)46(66)71-40)72-47-43(64)38(59(13)14)21-29(3)70-47)20-16-19-58-48(67)55-41(73-49(7,8)74-55)24-34-35-23-37(56)36-22-33(61)17-18-50(36,9)54(35,57)39(62)26-51(34,55)10/h17-18,28-32,34-35,38-45,47,62-65,68-69H,15-16,19-27H2,1-14H3,(H,58,67)/t28-,29-,30+,31-,32-,34?,35?,38-,39+,40-,41-,42?,43-,44-,45?,47+,50+,51+,52-,53-,54+,55+/m1/s1. The molecular weight excluding hydrogens is 965 g/mol. The number of likely N-dealkylation sites (N-methyl/N-ethyl adjacent to an activating group) is 1. The summed E-state index contributed by atoms with van der Waals surface area (Å²) in [6.45, 7) is 20.6. The summed E-state index contributed by atoms with van der Waals surface area (Å²) >= 11 is 0. The summed E-state index contributed by atoms with van der Waals surface area (Å²) in [5.74, 6) is -7.72. The average Bonchev–Trinajstić information content (AvgIpc) is 3.73. The van der Waals surface area contributed by atoms with Crippen molar-refractivity contribution in [2.45, 2.75) is 230 Å². The van der Waals surface area contributed by atoms with Gasteiger partial charge < -0.3 is 64.5 Å². The first-order valence-electron chi connectivity index (χ1n) is 27.2. The third-order valence-corrected chi connectivity index (χ3v) is 19.2. The molecule has 0 bridgehead atoms. The molecule has 17 nitrogen and oxygen atoms in total. The van der Waals surface area contributed by atoms with Gasteiger partial charge in [0.15, 0.2) is 29.1 Å². The number of cyclic esters (lactones) is 1. The number of rotatable bonds is 9. The number of ketones is 1. The topological polar surface area (TPSA) is 237 Å². The lowest BCUT2D eigenvalue weighted by Crippen LogP contribution is -2.70. The molecule has 7 aliphatic rings. The van der Waals surface area contributed by atoms with Crippen LogP contribution in [-0.4, -0.2) is 187 Å². The van der Waals surface area contributed by atoms with Crippen molar-refractivity contribution in [3.8, 4) is 0 Å². The van der Waals surface area contributed by atoms with Crippen LogP contribution in [0, 0.1) is 40.4 Å². The van der Waals surface area contributed by atoms with Crippen LogP contribution in [0.2, 0.25) is 0 Å². The number of alkyl halides is 1. The summed E-state index contributed by atoms with van der Waals surface area (Å²) in [7, 11) is 3.69. The summed E-state index contributed by atoms with van der Waals surface area (Å²) in [5.41, 5.74) is -10.5. The maximum Gasteiger partial charge on any atom is 0.311 e. The van der Waals surface area contributed by atoms with Crippen molar-refractivity contribution in [3.63, 3.8) is 0 Å². The van der Waals surface area contributed by atoms with E-state index in [1.54, 1.807) is 48.5 Å². The van der Waals surface area contributed by atoms with Crippen LogP contribution in [0.1, 0.15) is 134 Å². The highest BCUT2D eigenvalue weighted by Gasteiger charge is 2.80. The second kappa shape index (κ2) is 20.9. The minimum atomic E-state index is -2.35. The van der Waals surface area contributed by atoms with Crippen LogP contribution in [-0.2, 0) is 38.1 Å². The molecule has 22 atom stereocenters. The van der Waals surface area contributed by atoms with Gasteiger partial charge in [-0.1, -0.05) is 33.8 Å². The Morgan fingerprint density at radius 1 is 0.959 bits per heavy atom. The van der Waals surface area contributed by atoms with Gasteiger partial charge >= 0.3 is 5.97 Å². The SMILES string of the molecule is CC[C@H]1OC(=O)[C@H](C)C(O)[C@H](C)C(O[C@@H]2O[C@H](C)C[C@@H](N(C)C)[C@H]2O)[C@](C)(O)C[C@@H](C)CN(CCCNC(=O)[C@@]23OC(C)(C)O[C@@H]2CC2C4CC(F)=C5CC(=O)C=C[C@]5(C)[C@@]4(F)[C@@H](O)C[C@@]23C)[C@H](C)[C@@H](O)[C@]1(C)O. The molecule has 0 aromatic heterocycles. The summed E-state index contributed by atoms with van der Waals surface area (Å²) < 4.78 is 66.1. The molecule has 19 heteroatoms. The Morgan fingerprint density at radius 2 is 1.62 bits per heavy atom. The molecule has 0 aromatic rings. The van der Waals surface area contributed by atoms with Gasteiger partial charge in [-0.25, -0.2) is 8.78 Å². The molecule has 0 aromatic carbocycles. The first kappa shape index (κ1) is 59.1. The first-order chi connectivity index (χ1) is 34.1. The lowest BCUT2D eigenvalue weighted by molar-refractivity contribution is -0.299. The van der Waals surface area contributed by atoms with Crippen LogP contribution < -0.4 is 5.32 Å². The minimum absolute atomic E-state index is 0.0455. The quantitative estimate of drug-likeness (QED) is 0.128. The monoisotopic (exact) mass is 1050 g/mol. The second-order valence-corrected chi connectivity index (χ2v) is 25.2. The maximum absolute atomic E-state index is 18.1. The summed E-state index contributed by atoms with van der Waals surface area (Å²) in [4.78, 5) is 45.2. The van der Waals surface area contributed by atoms with Crippen LogP contribution >= 0.6 is 0 Å². The van der Waals surface area contributed by atoms with Gasteiger partial charge in [-0.15, -0.1) is 0 Å². The number of hydrogen-bond donors (Lipinski definition) is 7. The number of halogens is 2. The number of amides is 1. The van der Waals surface area contributed by atoms with Crippen LogP contribution in [0.3, 0.4) is 0 Å². The third-order valence-electron chi connectivity index (χ3n) is 19.2. The number of aliphatic hydroxyl groups is 6. The van der Waals surface area contributed by atoms with Gasteiger partial charge in [0.1, 0.15) is 29.7 Å². The van der Waals surface area contributed by atoms with Gasteiger partial charge in [0.05, 0.1) is 42.0 Å². The Labute approximate surface area is 436 Å². The smallest absolute Gasteiger partial charge is 0.311 e. The van der Waals surface area contributed by atoms with E-state index < -0.39 is 136 Å². The van der Waals surface area contributed by atoms with Gasteiger partial charge in [-0.3, -0.25) is 19.3 Å². The average molecular weight is 1050 g/mol. The van der Waals surface area contributed by atoms with Crippen molar-refractivity contribution in [1.29, 1.82) is 0 Å². The number of ether oxygens (including phenoxy) is 5. The molecule has 4 unspecified atom stereocenters. The molecule has 3 saturated heterocycles. The minimum Gasteiger partial charge on any atom is -0.459 e. The molecule has 74 heavy (non-hydrogen) atoms. The third kappa shape index (κ3) is 9.89. The Bertz CT molecular complexity index is 2160. The van der Waals surface area contributed by atoms with E-state index >= 15 is 13.6 Å². The number of nitrogens with one attached hydrogen (secondary N) is 1. The fraction of sp³-hybridized carbons (Fsp3) is 0.873. The molecule has 3 heterocycles. The molecule has 4 aliphatic carbocycles. The predicted octanol–water partition coefficient (Wildman–Crippen LogP) is 4.02. The van der Waals surface area contributed by atoms with Gasteiger partial charge in [0, 0.05) is 67.2 Å². The van der Waals surface area contributed by atoms with Crippen LogP contribution in [0.25, 0.3) is 0 Å². The molecule has 3 aliphatic heterocycles. The Kier molecular flexibility index (Phi) is 16.7. The largest absolute Gasteiger partial charge is 0.459 e. The van der Waals surface area contributed by atoms with Gasteiger partial charge in [0.25, 0.3) is 5.91 Å². The number of allylic oxidation sites excluding steroid dienone is 4. The van der Waals surface area contributed by atoms with E-state index in [1.807, 2.05) is 37.7 Å². The van der Waals surface area contributed by atoms with Crippen LogP contribution in [0.4, 0.5) is 8.78 Å². The van der Waals surface area contributed by atoms with Crippen molar-refractivity contribution in [2.75, 3.05) is 33.7 Å². The molecule has 422 valence electrons. The number of carbonyl (C=O) groups excluding carboxylic acids is 3. The molecule has 1 amide bonds. The summed E-state index contributed by atoms with van der Waals surface area (Å²) in [5, 5.41) is 75.2. The van der Waals surface area contributed by atoms with Crippen LogP contribution in [0.5, 0.6) is 0 Å². The highest BCUT2D eigenvalue weighted by molar-refractivity contribution is 5.94. The lowest BCUT2D eigenvalue weighted by Gasteiger charge is -2.62. The number of esters is 1. The molecular formula is C55H89F2N3O14. The van der Waals surface area contributed by atoms with E-state index in [0.29, 0.717) is 12.8 Å². The van der Waals surface area contributed by atoms with E-state index in [4.69, 9.17) is 23.7 Å². The van der Waals surface area contributed by atoms with Gasteiger partial charge in [-0.2, -0.15) is 0 Å². The number of hydrogen-bond acceptors (Lipinski definition) is 16.